The number of hydrogen-bond acceptors (Lipinski definition) is 6. The Bertz CT molecular complexity index is 2620. The molecule has 2 aromatic heterocycles. The van der Waals surface area contributed by atoms with Gasteiger partial charge in [0.25, 0.3) is 0 Å². The summed E-state index contributed by atoms with van der Waals surface area (Å²) in [4.78, 5) is 30.1. The minimum Gasteiger partial charge on any atom is -0.208 e. The van der Waals surface area contributed by atoms with E-state index in [0.717, 1.165) is 49.5 Å². The maximum Gasteiger partial charge on any atom is 0.202 e. The highest BCUT2D eigenvalue weighted by atomic mass is 15.1. The molecule has 0 saturated carbocycles. The standard InChI is InChI=1S/C44H28N6/c1-4-14-29(15-5-1)30-24-26-33(27-25-30)41-45-39(31-16-6-2-7-17-31)47-43(49-41)44-48-40(32-18-8-3-9-19-32)46-42(50-44)38-28-34-20-10-11-21-35(34)36-22-12-13-23-37(36)38/h1-28H. The van der Waals surface area contributed by atoms with Gasteiger partial charge in [-0.1, -0.05) is 164 Å². The highest BCUT2D eigenvalue weighted by Crippen LogP contribution is 2.35. The minimum atomic E-state index is 0.368. The monoisotopic (exact) mass is 640 g/mol. The third-order valence-electron chi connectivity index (χ3n) is 8.79. The lowest BCUT2D eigenvalue weighted by Gasteiger charge is -2.13. The zero-order valence-electron chi connectivity index (χ0n) is 26.8. The zero-order chi connectivity index (χ0) is 33.3. The van der Waals surface area contributed by atoms with Gasteiger partial charge in [-0.25, -0.2) is 29.9 Å². The molecule has 50 heavy (non-hydrogen) atoms. The Morgan fingerprint density at radius 2 is 0.600 bits per heavy atom. The highest BCUT2D eigenvalue weighted by molar-refractivity contribution is 6.13. The van der Waals surface area contributed by atoms with Crippen LogP contribution < -0.4 is 0 Å². The van der Waals surface area contributed by atoms with Crippen molar-refractivity contribution in [3.8, 4) is 68.3 Å². The van der Waals surface area contributed by atoms with Gasteiger partial charge in [-0.2, -0.15) is 0 Å². The highest BCUT2D eigenvalue weighted by Gasteiger charge is 2.19. The Hall–Kier alpha value is -6.92. The van der Waals surface area contributed by atoms with Gasteiger partial charge in [0.15, 0.2) is 23.3 Å². The lowest BCUT2D eigenvalue weighted by molar-refractivity contribution is 1.01. The molecule has 7 aromatic carbocycles. The first-order valence-corrected chi connectivity index (χ1v) is 16.5. The van der Waals surface area contributed by atoms with Crippen LogP contribution in [-0.4, -0.2) is 29.9 Å². The Labute approximate surface area is 288 Å². The molecule has 6 heteroatoms. The largest absolute Gasteiger partial charge is 0.208 e. The minimum absolute atomic E-state index is 0.368. The van der Waals surface area contributed by atoms with Gasteiger partial charge in [0.2, 0.25) is 11.6 Å². The van der Waals surface area contributed by atoms with Crippen LogP contribution in [0.3, 0.4) is 0 Å². The predicted octanol–water partition coefficient (Wildman–Crippen LogP) is 10.4. The van der Waals surface area contributed by atoms with Crippen molar-refractivity contribution in [2.24, 2.45) is 0 Å². The SMILES string of the molecule is c1ccc(-c2ccc(-c3nc(-c4ccccc4)nc(-c4nc(-c5ccccc5)nc(-c5cc6ccccc6c6ccccc56)n4)n3)cc2)cc1. The van der Waals surface area contributed by atoms with Crippen LogP contribution in [0.25, 0.3) is 89.9 Å². The molecule has 0 N–H and O–H groups in total. The molecule has 0 atom stereocenters. The van der Waals surface area contributed by atoms with Gasteiger partial charge in [-0.05, 0) is 38.7 Å². The maximum absolute atomic E-state index is 5.10. The summed E-state index contributed by atoms with van der Waals surface area (Å²) >= 11 is 0. The van der Waals surface area contributed by atoms with Crippen LogP contribution in [0.4, 0.5) is 0 Å². The van der Waals surface area contributed by atoms with E-state index in [2.05, 4.69) is 72.8 Å². The van der Waals surface area contributed by atoms with Crippen LogP contribution in [0.1, 0.15) is 0 Å². The van der Waals surface area contributed by atoms with Crippen LogP contribution in [-0.2, 0) is 0 Å². The average molecular weight is 641 g/mol. The van der Waals surface area contributed by atoms with Gasteiger partial charge in [0, 0.05) is 22.3 Å². The molecule has 0 spiro atoms. The summed E-state index contributed by atoms with van der Waals surface area (Å²) in [5.41, 5.74) is 5.78. The molecule has 0 aliphatic heterocycles. The van der Waals surface area contributed by atoms with Crippen molar-refractivity contribution in [2.75, 3.05) is 0 Å². The quantitative estimate of drug-likeness (QED) is 0.168. The molecule has 0 aliphatic rings. The van der Waals surface area contributed by atoms with Crippen LogP contribution in [0.5, 0.6) is 0 Å². The number of rotatable bonds is 6. The lowest BCUT2D eigenvalue weighted by Crippen LogP contribution is -2.06. The fourth-order valence-electron chi connectivity index (χ4n) is 6.32. The Balaban J connectivity index is 1.26. The Morgan fingerprint density at radius 1 is 0.240 bits per heavy atom. The first-order chi connectivity index (χ1) is 24.8. The molecular weight excluding hydrogens is 613 g/mol. The second-order valence-electron chi connectivity index (χ2n) is 12.0. The molecule has 6 nitrogen and oxygen atoms in total. The first-order valence-electron chi connectivity index (χ1n) is 16.5. The van der Waals surface area contributed by atoms with E-state index >= 15 is 0 Å². The van der Waals surface area contributed by atoms with Crippen molar-refractivity contribution in [3.05, 3.63) is 170 Å². The number of aromatic nitrogens is 6. The van der Waals surface area contributed by atoms with Crippen molar-refractivity contribution >= 4 is 21.5 Å². The molecule has 0 radical (unpaired) electrons. The smallest absolute Gasteiger partial charge is 0.202 e. The molecular formula is C44H28N6. The number of nitrogens with zero attached hydrogens (tertiary/aromatic N) is 6. The third kappa shape index (κ3) is 5.55. The molecule has 2 heterocycles. The average Bonchev–Trinajstić information content (AvgIpc) is 3.21. The molecule has 0 saturated heterocycles. The second-order valence-corrected chi connectivity index (χ2v) is 12.0. The molecule has 9 aromatic rings. The van der Waals surface area contributed by atoms with Crippen LogP contribution in [0.15, 0.2) is 170 Å². The molecule has 9 rings (SSSR count). The van der Waals surface area contributed by atoms with Gasteiger partial charge in [0.1, 0.15) is 0 Å². The summed E-state index contributed by atoms with van der Waals surface area (Å²) in [6.07, 6.45) is 0. The first kappa shape index (κ1) is 29.2. The summed E-state index contributed by atoms with van der Waals surface area (Å²) in [6.45, 7) is 0. The molecule has 0 fully saturated rings. The number of benzene rings is 7. The summed E-state index contributed by atoms with van der Waals surface area (Å²) in [5.74, 6) is 2.90. The summed E-state index contributed by atoms with van der Waals surface area (Å²) < 4.78 is 0. The fraction of sp³-hybridized carbons (Fsp3) is 0. The molecule has 234 valence electrons. The van der Waals surface area contributed by atoms with Crippen LogP contribution in [0.2, 0.25) is 0 Å². The van der Waals surface area contributed by atoms with Crippen molar-refractivity contribution in [3.63, 3.8) is 0 Å². The van der Waals surface area contributed by atoms with Gasteiger partial charge in [0.05, 0.1) is 0 Å². The Kier molecular flexibility index (Phi) is 7.37. The maximum atomic E-state index is 5.10. The van der Waals surface area contributed by atoms with Gasteiger partial charge in [-0.15, -0.1) is 0 Å². The van der Waals surface area contributed by atoms with Crippen molar-refractivity contribution in [1.82, 2.24) is 29.9 Å². The van der Waals surface area contributed by atoms with E-state index in [1.54, 1.807) is 0 Å². The van der Waals surface area contributed by atoms with E-state index in [1.807, 2.05) is 97.1 Å². The fourth-order valence-corrected chi connectivity index (χ4v) is 6.32. The van der Waals surface area contributed by atoms with E-state index in [4.69, 9.17) is 29.9 Å². The topological polar surface area (TPSA) is 77.3 Å². The van der Waals surface area contributed by atoms with E-state index in [9.17, 15) is 0 Å². The summed E-state index contributed by atoms with van der Waals surface area (Å²) in [6, 6.07) is 57.4. The summed E-state index contributed by atoms with van der Waals surface area (Å²) in [7, 11) is 0. The van der Waals surface area contributed by atoms with E-state index in [-0.39, 0.29) is 0 Å². The van der Waals surface area contributed by atoms with Gasteiger partial charge < -0.3 is 0 Å². The molecule has 0 aliphatic carbocycles. The van der Waals surface area contributed by atoms with Gasteiger partial charge >= 0.3 is 0 Å². The normalized spacial score (nSPS) is 11.2. The summed E-state index contributed by atoms with van der Waals surface area (Å²) in [5, 5.41) is 4.48. The van der Waals surface area contributed by atoms with Crippen molar-refractivity contribution < 1.29 is 0 Å². The van der Waals surface area contributed by atoms with E-state index in [0.29, 0.717) is 34.9 Å². The van der Waals surface area contributed by atoms with E-state index in [1.165, 1.54) is 5.39 Å². The van der Waals surface area contributed by atoms with Gasteiger partial charge in [-0.3, -0.25) is 0 Å². The predicted molar refractivity (Wildman–Crippen MR) is 201 cm³/mol. The molecule has 0 unspecified atom stereocenters. The lowest BCUT2D eigenvalue weighted by atomic mass is 9.97. The van der Waals surface area contributed by atoms with E-state index < -0.39 is 0 Å². The molecule has 0 amide bonds. The van der Waals surface area contributed by atoms with Crippen molar-refractivity contribution in [2.45, 2.75) is 0 Å². The van der Waals surface area contributed by atoms with Crippen molar-refractivity contribution in [1.29, 1.82) is 0 Å². The Morgan fingerprint density at radius 3 is 1.18 bits per heavy atom. The van der Waals surface area contributed by atoms with Crippen LogP contribution in [0, 0.1) is 0 Å². The number of hydrogen-bond donors (Lipinski definition) is 0. The number of fused-ring (bicyclic) bond motifs is 3. The third-order valence-corrected chi connectivity index (χ3v) is 8.79. The second kappa shape index (κ2) is 12.6. The van der Waals surface area contributed by atoms with Crippen LogP contribution >= 0.6 is 0 Å². The zero-order valence-corrected chi connectivity index (χ0v) is 26.8. The molecule has 0 bridgehead atoms.